The molecule has 0 bridgehead atoms. The third kappa shape index (κ3) is 3.17. The predicted molar refractivity (Wildman–Crippen MR) is 70.0 cm³/mol. The fraction of sp³-hybridized carbons (Fsp3) is 0.357. The van der Waals surface area contributed by atoms with Crippen molar-refractivity contribution in [2.24, 2.45) is 5.73 Å². The topological polar surface area (TPSA) is 43.8 Å². The average molecular weight is 229 g/mol. The number of aryl methyl sites for hydroxylation is 2. The van der Waals surface area contributed by atoms with Crippen molar-refractivity contribution in [3.05, 3.63) is 52.8 Å². The lowest BCUT2D eigenvalue weighted by atomic mass is 10.1. The van der Waals surface area contributed by atoms with Crippen molar-refractivity contribution in [3.63, 3.8) is 0 Å². The summed E-state index contributed by atoms with van der Waals surface area (Å²) >= 11 is 0. The maximum atomic E-state index is 5.53. The van der Waals surface area contributed by atoms with E-state index in [9.17, 15) is 0 Å². The van der Waals surface area contributed by atoms with E-state index in [1.54, 1.807) is 0 Å². The molecule has 0 atom stereocenters. The van der Waals surface area contributed by atoms with Gasteiger partial charge in [0.25, 0.3) is 0 Å². The van der Waals surface area contributed by atoms with Crippen LogP contribution in [-0.2, 0) is 13.0 Å². The van der Waals surface area contributed by atoms with Crippen molar-refractivity contribution in [2.45, 2.75) is 26.8 Å². The molecule has 1 heterocycles. The zero-order chi connectivity index (χ0) is 12.3. The first-order valence-corrected chi connectivity index (χ1v) is 5.96. The molecule has 1 aromatic carbocycles. The highest BCUT2D eigenvalue weighted by atomic mass is 15.3. The maximum Gasteiger partial charge on any atom is 0.0659 e. The summed E-state index contributed by atoms with van der Waals surface area (Å²) in [4.78, 5) is 0. The third-order valence-electron chi connectivity index (χ3n) is 2.75. The molecule has 2 N–H and O–H groups in total. The molecule has 0 saturated heterocycles. The van der Waals surface area contributed by atoms with Gasteiger partial charge in [0.15, 0.2) is 0 Å². The molecule has 90 valence electrons. The molecular formula is C14H19N3. The van der Waals surface area contributed by atoms with Gasteiger partial charge in [0.1, 0.15) is 0 Å². The largest absolute Gasteiger partial charge is 0.330 e. The second-order valence-corrected chi connectivity index (χ2v) is 4.58. The van der Waals surface area contributed by atoms with Crippen LogP contribution in [0.25, 0.3) is 0 Å². The number of nitrogens with two attached hydrogens (primary N) is 1. The molecule has 0 aliphatic heterocycles. The van der Waals surface area contributed by atoms with Gasteiger partial charge in [-0.2, -0.15) is 5.10 Å². The monoisotopic (exact) mass is 229 g/mol. The lowest BCUT2D eigenvalue weighted by Gasteiger charge is -2.05. The Morgan fingerprint density at radius 2 is 1.82 bits per heavy atom. The van der Waals surface area contributed by atoms with Crippen molar-refractivity contribution in [1.29, 1.82) is 0 Å². The Kier molecular flexibility index (Phi) is 3.59. The van der Waals surface area contributed by atoms with Gasteiger partial charge in [-0.15, -0.1) is 0 Å². The summed E-state index contributed by atoms with van der Waals surface area (Å²) in [5.41, 5.74) is 10.6. The molecule has 3 nitrogen and oxygen atoms in total. The Balaban J connectivity index is 2.13. The van der Waals surface area contributed by atoms with E-state index in [2.05, 4.69) is 43.3 Å². The van der Waals surface area contributed by atoms with Crippen LogP contribution in [0, 0.1) is 13.8 Å². The Hall–Kier alpha value is -1.61. The summed E-state index contributed by atoms with van der Waals surface area (Å²) in [6.07, 6.45) is 4.87. The highest BCUT2D eigenvalue weighted by molar-refractivity contribution is 5.28. The lowest BCUT2D eigenvalue weighted by molar-refractivity contribution is 0.685. The van der Waals surface area contributed by atoms with Crippen LogP contribution in [0.5, 0.6) is 0 Å². The number of hydrogen-bond acceptors (Lipinski definition) is 2. The molecule has 0 unspecified atom stereocenters. The Morgan fingerprint density at radius 3 is 2.47 bits per heavy atom. The molecule has 0 fully saturated rings. The standard InChI is InChI=1S/C14H19N3/c1-11-5-12(2)7-14(6-11)10-17-9-13(3-4-15)8-16-17/h5-9H,3-4,10,15H2,1-2H3. The minimum Gasteiger partial charge on any atom is -0.330 e. The molecule has 2 aromatic rings. The summed E-state index contributed by atoms with van der Waals surface area (Å²) in [5.74, 6) is 0. The number of aromatic nitrogens is 2. The molecule has 0 aliphatic rings. The lowest BCUT2D eigenvalue weighted by Crippen LogP contribution is -2.02. The summed E-state index contributed by atoms with van der Waals surface area (Å²) in [5, 5.41) is 4.35. The van der Waals surface area contributed by atoms with Crippen LogP contribution < -0.4 is 5.73 Å². The number of hydrogen-bond donors (Lipinski definition) is 1. The minimum atomic E-state index is 0.676. The second-order valence-electron chi connectivity index (χ2n) is 4.58. The normalized spacial score (nSPS) is 10.8. The van der Waals surface area contributed by atoms with Crippen LogP contribution >= 0.6 is 0 Å². The summed E-state index contributed by atoms with van der Waals surface area (Å²) in [6.45, 7) is 5.75. The minimum absolute atomic E-state index is 0.676. The quantitative estimate of drug-likeness (QED) is 0.872. The molecule has 0 amide bonds. The molecule has 1 aromatic heterocycles. The average Bonchev–Trinajstić information content (AvgIpc) is 2.64. The third-order valence-corrected chi connectivity index (χ3v) is 2.75. The summed E-state index contributed by atoms with van der Waals surface area (Å²) in [6, 6.07) is 6.60. The predicted octanol–water partition coefficient (Wildman–Crippen LogP) is 2.05. The van der Waals surface area contributed by atoms with Gasteiger partial charge in [-0.25, -0.2) is 0 Å². The van der Waals surface area contributed by atoms with Crippen molar-refractivity contribution in [1.82, 2.24) is 9.78 Å². The first-order chi connectivity index (χ1) is 8.17. The van der Waals surface area contributed by atoms with Crippen LogP contribution in [0.3, 0.4) is 0 Å². The molecular weight excluding hydrogens is 210 g/mol. The van der Waals surface area contributed by atoms with Crippen LogP contribution in [-0.4, -0.2) is 16.3 Å². The molecule has 3 heteroatoms. The van der Waals surface area contributed by atoms with Gasteiger partial charge in [-0.1, -0.05) is 29.3 Å². The maximum absolute atomic E-state index is 5.53. The summed E-state index contributed by atoms with van der Waals surface area (Å²) in [7, 11) is 0. The van der Waals surface area contributed by atoms with Crippen LogP contribution in [0.2, 0.25) is 0 Å². The zero-order valence-electron chi connectivity index (χ0n) is 10.5. The fourth-order valence-electron chi connectivity index (χ4n) is 2.14. The van der Waals surface area contributed by atoms with E-state index in [0.29, 0.717) is 6.54 Å². The van der Waals surface area contributed by atoms with Crippen molar-refractivity contribution >= 4 is 0 Å². The van der Waals surface area contributed by atoms with Gasteiger partial charge >= 0.3 is 0 Å². The van der Waals surface area contributed by atoms with E-state index in [4.69, 9.17) is 5.73 Å². The molecule has 2 rings (SSSR count). The molecule has 17 heavy (non-hydrogen) atoms. The van der Waals surface area contributed by atoms with E-state index in [1.165, 1.54) is 22.3 Å². The van der Waals surface area contributed by atoms with Gasteiger partial charge in [0.05, 0.1) is 12.7 Å². The highest BCUT2D eigenvalue weighted by Gasteiger charge is 2.00. The SMILES string of the molecule is Cc1cc(C)cc(Cn2cc(CCN)cn2)c1. The first-order valence-electron chi connectivity index (χ1n) is 5.96. The van der Waals surface area contributed by atoms with Crippen molar-refractivity contribution in [2.75, 3.05) is 6.54 Å². The Labute approximate surface area is 102 Å². The fourth-order valence-corrected chi connectivity index (χ4v) is 2.14. The Morgan fingerprint density at radius 1 is 1.12 bits per heavy atom. The van der Waals surface area contributed by atoms with E-state index in [1.807, 2.05) is 10.9 Å². The van der Waals surface area contributed by atoms with Gasteiger partial charge in [-0.3, -0.25) is 4.68 Å². The number of benzene rings is 1. The van der Waals surface area contributed by atoms with Gasteiger partial charge < -0.3 is 5.73 Å². The molecule has 0 spiro atoms. The molecule has 0 aliphatic carbocycles. The van der Waals surface area contributed by atoms with Crippen molar-refractivity contribution < 1.29 is 0 Å². The smallest absolute Gasteiger partial charge is 0.0659 e. The molecule has 0 radical (unpaired) electrons. The van der Waals surface area contributed by atoms with E-state index in [-0.39, 0.29) is 0 Å². The Bertz CT molecular complexity index is 480. The number of rotatable bonds is 4. The first kappa shape index (κ1) is 11.9. The highest BCUT2D eigenvalue weighted by Crippen LogP contribution is 2.10. The van der Waals surface area contributed by atoms with Crippen molar-refractivity contribution in [3.8, 4) is 0 Å². The van der Waals surface area contributed by atoms with Crippen LogP contribution in [0.4, 0.5) is 0 Å². The number of nitrogens with zero attached hydrogens (tertiary/aromatic N) is 2. The van der Waals surface area contributed by atoms with Gasteiger partial charge in [0.2, 0.25) is 0 Å². The van der Waals surface area contributed by atoms with E-state index in [0.717, 1.165) is 13.0 Å². The summed E-state index contributed by atoms with van der Waals surface area (Å²) < 4.78 is 1.97. The second kappa shape index (κ2) is 5.15. The molecule has 0 saturated carbocycles. The van der Waals surface area contributed by atoms with Crippen LogP contribution in [0.1, 0.15) is 22.3 Å². The van der Waals surface area contributed by atoms with Crippen LogP contribution in [0.15, 0.2) is 30.6 Å². The zero-order valence-corrected chi connectivity index (χ0v) is 10.5. The van der Waals surface area contributed by atoms with E-state index < -0.39 is 0 Å². The van der Waals surface area contributed by atoms with Gasteiger partial charge in [-0.05, 0) is 37.9 Å². The van der Waals surface area contributed by atoms with Gasteiger partial charge in [0, 0.05) is 6.20 Å². The van der Waals surface area contributed by atoms with E-state index >= 15 is 0 Å².